The van der Waals surface area contributed by atoms with E-state index in [0.717, 1.165) is 3.79 Å². The zero-order valence-electron chi connectivity index (χ0n) is 9.44. The zero-order valence-corrected chi connectivity index (χ0v) is 12.6. The van der Waals surface area contributed by atoms with Crippen LogP contribution in [0.4, 0.5) is 5.69 Å². The quantitative estimate of drug-likeness (QED) is 0.880. The lowest BCUT2D eigenvalue weighted by atomic mass is 10.2. The van der Waals surface area contributed by atoms with Crippen LogP contribution in [0.5, 0.6) is 0 Å². The van der Waals surface area contributed by atoms with Crippen LogP contribution in [-0.4, -0.2) is 11.8 Å². The predicted octanol–water partition coefficient (Wildman–Crippen LogP) is 3.52. The number of rotatable bonds is 3. The lowest BCUT2D eigenvalue weighted by Gasteiger charge is -2.07. The van der Waals surface area contributed by atoms with E-state index < -0.39 is 5.91 Å². The van der Waals surface area contributed by atoms with E-state index in [9.17, 15) is 9.59 Å². The Kier molecular flexibility index (Phi) is 4.24. The largest absolute Gasteiger partial charge is 0.366 e. The fourth-order valence-electron chi connectivity index (χ4n) is 1.39. The van der Waals surface area contributed by atoms with Crippen molar-refractivity contribution in [1.29, 1.82) is 0 Å². The van der Waals surface area contributed by atoms with Crippen LogP contribution in [0.25, 0.3) is 0 Å². The van der Waals surface area contributed by atoms with Crippen molar-refractivity contribution in [3.05, 3.63) is 49.6 Å². The van der Waals surface area contributed by atoms with E-state index in [2.05, 4.69) is 21.2 Å². The Morgan fingerprint density at radius 1 is 1.26 bits per heavy atom. The molecule has 98 valence electrons. The Morgan fingerprint density at radius 3 is 2.58 bits per heavy atom. The molecule has 0 aliphatic carbocycles. The number of hydrogen-bond acceptors (Lipinski definition) is 3. The first-order valence-corrected chi connectivity index (χ1v) is 7.12. The molecule has 1 aromatic heterocycles. The summed E-state index contributed by atoms with van der Waals surface area (Å²) < 4.78 is 0.856. The van der Waals surface area contributed by atoms with Crippen molar-refractivity contribution in [2.75, 3.05) is 5.32 Å². The van der Waals surface area contributed by atoms with Gasteiger partial charge in [0.05, 0.1) is 19.4 Å². The van der Waals surface area contributed by atoms with Gasteiger partial charge in [-0.1, -0.05) is 11.6 Å². The van der Waals surface area contributed by atoms with Gasteiger partial charge in [0.25, 0.3) is 5.91 Å². The van der Waals surface area contributed by atoms with Crippen molar-refractivity contribution >= 4 is 56.4 Å². The Labute approximate surface area is 126 Å². The lowest BCUT2D eigenvalue weighted by Crippen LogP contribution is -2.14. The molecule has 0 atom stereocenters. The summed E-state index contributed by atoms with van der Waals surface area (Å²) in [5.41, 5.74) is 5.82. The minimum Gasteiger partial charge on any atom is -0.366 e. The first-order valence-electron chi connectivity index (χ1n) is 5.13. The summed E-state index contributed by atoms with van der Waals surface area (Å²) in [5, 5.41) is 2.99. The molecule has 1 aromatic carbocycles. The van der Waals surface area contributed by atoms with Gasteiger partial charge in [-0.2, -0.15) is 0 Å². The zero-order chi connectivity index (χ0) is 14.0. The third kappa shape index (κ3) is 3.34. The first-order chi connectivity index (χ1) is 8.97. The number of carbonyl (C=O) groups is 2. The molecule has 0 aliphatic rings. The molecular formula is C12H8BrClN2O2S. The summed E-state index contributed by atoms with van der Waals surface area (Å²) in [6.45, 7) is 0. The summed E-state index contributed by atoms with van der Waals surface area (Å²) in [4.78, 5) is 23.6. The maximum absolute atomic E-state index is 12.0. The Bertz CT molecular complexity index is 657. The number of nitrogens with two attached hydrogens (primary N) is 1. The maximum atomic E-state index is 12.0. The Hall–Kier alpha value is -1.37. The number of halogens is 2. The normalized spacial score (nSPS) is 10.2. The van der Waals surface area contributed by atoms with Crippen molar-refractivity contribution in [3.8, 4) is 0 Å². The monoisotopic (exact) mass is 358 g/mol. The van der Waals surface area contributed by atoms with Gasteiger partial charge in [0, 0.05) is 5.56 Å². The number of carbonyl (C=O) groups excluding carboxylic acids is 2. The predicted molar refractivity (Wildman–Crippen MR) is 79.9 cm³/mol. The van der Waals surface area contributed by atoms with Gasteiger partial charge in [0.2, 0.25) is 5.91 Å². The van der Waals surface area contributed by atoms with E-state index in [1.165, 1.54) is 29.5 Å². The van der Waals surface area contributed by atoms with Crippen molar-refractivity contribution in [3.63, 3.8) is 0 Å². The summed E-state index contributed by atoms with van der Waals surface area (Å²) in [6.07, 6.45) is 0. The van der Waals surface area contributed by atoms with Gasteiger partial charge in [-0.3, -0.25) is 9.59 Å². The summed E-state index contributed by atoms with van der Waals surface area (Å²) >= 11 is 10.5. The third-order valence-electron chi connectivity index (χ3n) is 2.30. The number of anilines is 1. The van der Waals surface area contributed by atoms with Gasteiger partial charge in [-0.25, -0.2) is 0 Å². The van der Waals surface area contributed by atoms with Crippen molar-refractivity contribution in [2.45, 2.75) is 0 Å². The second kappa shape index (κ2) is 5.73. The topological polar surface area (TPSA) is 72.2 Å². The van der Waals surface area contributed by atoms with Crippen LogP contribution in [-0.2, 0) is 0 Å². The van der Waals surface area contributed by atoms with E-state index in [0.29, 0.717) is 15.6 Å². The van der Waals surface area contributed by atoms with Crippen LogP contribution in [0.3, 0.4) is 0 Å². The van der Waals surface area contributed by atoms with Crippen LogP contribution in [0.1, 0.15) is 20.0 Å². The number of benzene rings is 1. The fourth-order valence-corrected chi connectivity index (χ4v) is 2.84. The van der Waals surface area contributed by atoms with Crippen LogP contribution in [0.2, 0.25) is 5.02 Å². The molecule has 0 saturated heterocycles. The summed E-state index contributed by atoms with van der Waals surface area (Å²) in [7, 11) is 0. The minimum absolute atomic E-state index is 0.284. The molecule has 2 rings (SSSR count). The van der Waals surface area contributed by atoms with Crippen molar-refractivity contribution in [1.82, 2.24) is 0 Å². The molecule has 0 fully saturated rings. The second-order valence-electron chi connectivity index (χ2n) is 3.62. The average Bonchev–Trinajstić information content (AvgIpc) is 2.78. The Balaban J connectivity index is 2.25. The molecule has 0 saturated carbocycles. The molecule has 0 spiro atoms. The molecule has 4 nitrogen and oxygen atoms in total. The highest BCUT2D eigenvalue weighted by molar-refractivity contribution is 9.11. The highest BCUT2D eigenvalue weighted by Gasteiger charge is 2.12. The minimum atomic E-state index is -0.578. The molecule has 19 heavy (non-hydrogen) atoms. The SMILES string of the molecule is NC(=O)c1ccc(Cl)c(NC(=O)c2ccc(Br)s2)c1. The van der Waals surface area contributed by atoms with E-state index in [1.54, 1.807) is 12.1 Å². The molecule has 0 radical (unpaired) electrons. The molecule has 0 aliphatic heterocycles. The lowest BCUT2D eigenvalue weighted by molar-refractivity contribution is 0.0996. The van der Waals surface area contributed by atoms with Gasteiger partial charge in [-0.15, -0.1) is 11.3 Å². The number of hydrogen-bond donors (Lipinski definition) is 2. The molecule has 0 bridgehead atoms. The fraction of sp³-hybridized carbons (Fsp3) is 0. The second-order valence-corrected chi connectivity index (χ2v) is 6.49. The van der Waals surface area contributed by atoms with Crippen LogP contribution >= 0.6 is 38.9 Å². The number of amides is 2. The maximum Gasteiger partial charge on any atom is 0.265 e. The van der Waals surface area contributed by atoms with E-state index in [4.69, 9.17) is 17.3 Å². The van der Waals surface area contributed by atoms with Crippen molar-refractivity contribution < 1.29 is 9.59 Å². The third-order valence-corrected chi connectivity index (χ3v) is 4.25. The van der Waals surface area contributed by atoms with E-state index in [-0.39, 0.29) is 11.5 Å². The molecule has 0 unspecified atom stereocenters. The highest BCUT2D eigenvalue weighted by Crippen LogP contribution is 2.26. The van der Waals surface area contributed by atoms with E-state index >= 15 is 0 Å². The average molecular weight is 360 g/mol. The number of nitrogens with one attached hydrogen (secondary N) is 1. The summed E-state index contributed by atoms with van der Waals surface area (Å²) in [6, 6.07) is 7.94. The first kappa shape index (κ1) is 14.0. The molecule has 2 aromatic rings. The van der Waals surface area contributed by atoms with Gasteiger partial charge in [0.15, 0.2) is 0 Å². The smallest absolute Gasteiger partial charge is 0.265 e. The summed E-state index contributed by atoms with van der Waals surface area (Å²) in [5.74, 6) is -0.870. The molecular weight excluding hydrogens is 352 g/mol. The standard InChI is InChI=1S/C12H8BrClN2O2S/c13-10-4-3-9(19-10)12(18)16-8-5-6(11(15)17)1-2-7(8)14/h1-5H,(H2,15,17)(H,16,18). The van der Waals surface area contributed by atoms with Crippen LogP contribution in [0.15, 0.2) is 34.1 Å². The van der Waals surface area contributed by atoms with Crippen LogP contribution in [0, 0.1) is 0 Å². The van der Waals surface area contributed by atoms with Crippen LogP contribution < -0.4 is 11.1 Å². The van der Waals surface area contributed by atoms with Gasteiger partial charge in [0.1, 0.15) is 0 Å². The molecule has 3 N–H and O–H groups in total. The molecule has 1 heterocycles. The van der Waals surface area contributed by atoms with Crippen molar-refractivity contribution in [2.24, 2.45) is 5.73 Å². The van der Waals surface area contributed by atoms with Gasteiger partial charge >= 0.3 is 0 Å². The van der Waals surface area contributed by atoms with Gasteiger partial charge < -0.3 is 11.1 Å². The Morgan fingerprint density at radius 2 is 2.00 bits per heavy atom. The van der Waals surface area contributed by atoms with Gasteiger partial charge in [-0.05, 0) is 46.3 Å². The molecule has 2 amide bonds. The number of primary amides is 1. The number of thiophene rings is 1. The molecule has 7 heteroatoms. The highest BCUT2D eigenvalue weighted by atomic mass is 79.9. The van der Waals surface area contributed by atoms with E-state index in [1.807, 2.05) is 0 Å².